The minimum Gasteiger partial charge on any atom is -0.332 e. The van der Waals surface area contributed by atoms with Crippen molar-refractivity contribution < 1.29 is 13.6 Å². The number of halogens is 2. The van der Waals surface area contributed by atoms with Crippen molar-refractivity contribution in [3.05, 3.63) is 70.8 Å². The maximum atomic E-state index is 13.3. The summed E-state index contributed by atoms with van der Waals surface area (Å²) in [5, 5.41) is 8.83. The third-order valence-corrected chi connectivity index (χ3v) is 3.76. The van der Waals surface area contributed by atoms with Crippen LogP contribution in [0.5, 0.6) is 0 Å². The van der Waals surface area contributed by atoms with Crippen LogP contribution in [0.2, 0.25) is 0 Å². The Balaban J connectivity index is 2.28. The predicted molar refractivity (Wildman–Crippen MR) is 82.6 cm³/mol. The van der Waals surface area contributed by atoms with E-state index in [0.29, 0.717) is 12.1 Å². The van der Waals surface area contributed by atoms with E-state index in [2.05, 4.69) is 0 Å². The topological polar surface area (TPSA) is 44.1 Å². The van der Waals surface area contributed by atoms with Gasteiger partial charge in [0.05, 0.1) is 17.7 Å². The molecule has 5 heteroatoms. The average Bonchev–Trinajstić information content (AvgIpc) is 2.57. The Morgan fingerprint density at radius 3 is 2.35 bits per heavy atom. The van der Waals surface area contributed by atoms with E-state index in [0.717, 1.165) is 17.7 Å². The van der Waals surface area contributed by atoms with Crippen LogP contribution < -0.4 is 0 Å². The van der Waals surface area contributed by atoms with Crippen LogP contribution in [-0.2, 0) is 0 Å². The monoisotopic (exact) mass is 314 g/mol. The first-order valence-corrected chi connectivity index (χ1v) is 7.24. The largest absolute Gasteiger partial charge is 0.332 e. The number of carbonyl (C=O) groups is 1. The first kappa shape index (κ1) is 16.6. The van der Waals surface area contributed by atoms with Gasteiger partial charge in [-0.3, -0.25) is 4.79 Å². The summed E-state index contributed by atoms with van der Waals surface area (Å²) in [5.41, 5.74) is 1.50. The van der Waals surface area contributed by atoms with E-state index in [1.807, 2.05) is 19.9 Å². The Bertz CT molecular complexity index is 751. The summed E-state index contributed by atoms with van der Waals surface area (Å²) in [6.45, 7) is 4.08. The van der Waals surface area contributed by atoms with Gasteiger partial charge in [0.1, 0.15) is 0 Å². The molecular formula is C18H16F2N2O. The van der Waals surface area contributed by atoms with Gasteiger partial charge < -0.3 is 4.90 Å². The molecule has 1 amide bonds. The van der Waals surface area contributed by atoms with Crippen molar-refractivity contribution in [2.75, 3.05) is 6.54 Å². The molecule has 2 rings (SSSR count). The highest BCUT2D eigenvalue weighted by atomic mass is 19.2. The number of benzene rings is 2. The van der Waals surface area contributed by atoms with E-state index in [1.165, 1.54) is 6.07 Å². The van der Waals surface area contributed by atoms with E-state index in [4.69, 9.17) is 5.26 Å². The second kappa shape index (κ2) is 7.01. The number of hydrogen-bond donors (Lipinski definition) is 0. The van der Waals surface area contributed by atoms with Crippen LogP contribution in [0.4, 0.5) is 8.78 Å². The third-order valence-electron chi connectivity index (χ3n) is 3.76. The summed E-state index contributed by atoms with van der Waals surface area (Å²) in [7, 11) is 0. The lowest BCUT2D eigenvalue weighted by Crippen LogP contribution is -2.33. The van der Waals surface area contributed by atoms with E-state index in [1.54, 1.807) is 29.2 Å². The fourth-order valence-electron chi connectivity index (χ4n) is 2.40. The summed E-state index contributed by atoms with van der Waals surface area (Å²) in [4.78, 5) is 14.1. The minimum absolute atomic E-state index is 0.103. The van der Waals surface area contributed by atoms with Crippen molar-refractivity contribution in [1.29, 1.82) is 5.26 Å². The van der Waals surface area contributed by atoms with Crippen LogP contribution in [0.15, 0.2) is 42.5 Å². The Morgan fingerprint density at radius 1 is 1.17 bits per heavy atom. The van der Waals surface area contributed by atoms with Crippen molar-refractivity contribution in [3.8, 4) is 6.07 Å². The predicted octanol–water partition coefficient (Wildman–Crippen LogP) is 4.06. The zero-order chi connectivity index (χ0) is 17.0. The molecule has 0 bridgehead atoms. The number of nitriles is 1. The molecule has 1 atom stereocenters. The number of carbonyl (C=O) groups excluding carboxylic acids is 1. The summed E-state index contributed by atoms with van der Waals surface area (Å²) in [5.74, 6) is -2.40. The molecule has 118 valence electrons. The molecule has 0 saturated carbocycles. The van der Waals surface area contributed by atoms with Crippen LogP contribution >= 0.6 is 0 Å². The third kappa shape index (κ3) is 3.54. The van der Waals surface area contributed by atoms with Gasteiger partial charge in [0, 0.05) is 12.1 Å². The molecule has 0 aromatic heterocycles. The second-order valence-electron chi connectivity index (χ2n) is 5.13. The minimum atomic E-state index is -1.04. The molecule has 2 aromatic rings. The lowest BCUT2D eigenvalue weighted by molar-refractivity contribution is 0.0701. The molecule has 0 radical (unpaired) electrons. The first-order valence-electron chi connectivity index (χ1n) is 7.24. The van der Waals surface area contributed by atoms with Gasteiger partial charge in [-0.25, -0.2) is 8.78 Å². The van der Waals surface area contributed by atoms with Gasteiger partial charge in [0.25, 0.3) is 5.91 Å². The summed E-state index contributed by atoms with van der Waals surface area (Å²) in [6, 6.07) is 11.8. The molecule has 0 aliphatic rings. The lowest BCUT2D eigenvalue weighted by atomic mass is 10.0. The fraction of sp³-hybridized carbons (Fsp3) is 0.222. The fourth-order valence-corrected chi connectivity index (χ4v) is 2.40. The highest BCUT2D eigenvalue weighted by molar-refractivity contribution is 5.94. The van der Waals surface area contributed by atoms with Gasteiger partial charge in [-0.05, 0) is 49.7 Å². The van der Waals surface area contributed by atoms with Crippen LogP contribution in [-0.4, -0.2) is 17.4 Å². The summed E-state index contributed by atoms with van der Waals surface area (Å²) >= 11 is 0. The quantitative estimate of drug-likeness (QED) is 0.854. The Kier molecular flexibility index (Phi) is 5.07. The van der Waals surface area contributed by atoms with E-state index >= 15 is 0 Å². The van der Waals surface area contributed by atoms with Crippen molar-refractivity contribution in [3.63, 3.8) is 0 Å². The van der Waals surface area contributed by atoms with Crippen molar-refractivity contribution in [2.24, 2.45) is 0 Å². The molecule has 0 heterocycles. The molecule has 2 aromatic carbocycles. The number of rotatable bonds is 4. The van der Waals surface area contributed by atoms with E-state index in [9.17, 15) is 13.6 Å². The van der Waals surface area contributed by atoms with Gasteiger partial charge in [-0.1, -0.05) is 12.1 Å². The number of hydrogen-bond acceptors (Lipinski definition) is 2. The van der Waals surface area contributed by atoms with Gasteiger partial charge in [-0.15, -0.1) is 0 Å². The molecule has 0 spiro atoms. The van der Waals surface area contributed by atoms with Crippen molar-refractivity contribution in [2.45, 2.75) is 19.9 Å². The number of nitrogens with zero attached hydrogens (tertiary/aromatic N) is 2. The second-order valence-corrected chi connectivity index (χ2v) is 5.13. The Labute approximate surface area is 133 Å². The first-order chi connectivity index (χ1) is 11.0. The normalized spacial score (nSPS) is 11.6. The van der Waals surface area contributed by atoms with Gasteiger partial charge in [0.2, 0.25) is 0 Å². The molecule has 1 unspecified atom stereocenters. The molecule has 0 saturated heterocycles. The SMILES string of the molecule is CCN(C(=O)c1ccc(F)c(F)c1)C(C)c1ccc(C#N)cc1. The lowest BCUT2D eigenvalue weighted by Gasteiger charge is -2.28. The average molecular weight is 314 g/mol. The summed E-state index contributed by atoms with van der Waals surface area (Å²) in [6.07, 6.45) is 0. The van der Waals surface area contributed by atoms with Gasteiger partial charge in [-0.2, -0.15) is 5.26 Å². The molecular weight excluding hydrogens is 298 g/mol. The zero-order valence-electron chi connectivity index (χ0n) is 12.9. The van der Waals surface area contributed by atoms with Crippen LogP contribution in [0, 0.1) is 23.0 Å². The molecule has 23 heavy (non-hydrogen) atoms. The maximum absolute atomic E-state index is 13.3. The Hall–Kier alpha value is -2.74. The molecule has 0 aliphatic heterocycles. The molecule has 0 N–H and O–H groups in total. The molecule has 3 nitrogen and oxygen atoms in total. The highest BCUT2D eigenvalue weighted by Gasteiger charge is 2.22. The van der Waals surface area contributed by atoms with Crippen molar-refractivity contribution >= 4 is 5.91 Å². The van der Waals surface area contributed by atoms with Crippen LogP contribution in [0.25, 0.3) is 0 Å². The smallest absolute Gasteiger partial charge is 0.254 e. The van der Waals surface area contributed by atoms with E-state index in [-0.39, 0.29) is 17.5 Å². The van der Waals surface area contributed by atoms with Crippen LogP contribution in [0.3, 0.4) is 0 Å². The van der Waals surface area contributed by atoms with Gasteiger partial charge in [0.15, 0.2) is 11.6 Å². The molecule has 0 fully saturated rings. The Morgan fingerprint density at radius 2 is 1.83 bits per heavy atom. The highest BCUT2D eigenvalue weighted by Crippen LogP contribution is 2.23. The van der Waals surface area contributed by atoms with Crippen LogP contribution in [0.1, 0.15) is 41.4 Å². The van der Waals surface area contributed by atoms with Crippen molar-refractivity contribution in [1.82, 2.24) is 4.90 Å². The van der Waals surface area contributed by atoms with E-state index < -0.39 is 11.6 Å². The molecule has 0 aliphatic carbocycles. The van der Waals surface area contributed by atoms with Gasteiger partial charge >= 0.3 is 0 Å². The summed E-state index contributed by atoms with van der Waals surface area (Å²) < 4.78 is 26.4. The number of amides is 1. The standard InChI is InChI=1S/C18H16F2N2O/c1-3-22(12(2)14-6-4-13(11-21)5-7-14)18(23)15-8-9-16(19)17(20)10-15/h4-10,12H,3H2,1-2H3. The maximum Gasteiger partial charge on any atom is 0.254 e. The zero-order valence-corrected chi connectivity index (χ0v) is 12.9.